The molecule has 1 heterocycles. The fraction of sp³-hybridized carbons (Fsp3) is 0.357. The summed E-state index contributed by atoms with van der Waals surface area (Å²) in [5, 5.41) is 12.5. The standard InChI is InChI=1S/C28H38N8O3/c1-3-13-31-26-34-27(32-19-22-6-4-21(2)5-7-22)36-28(35-26)33-20-23-8-10-24(11-9-23)25(37)30-14-16-39-18-17-38-15-12-29/h3-11H,1,12-20,29H2,2H3,(H,30,37)(H3,31,32,33,34,35,36). The molecule has 11 nitrogen and oxygen atoms in total. The molecule has 6 N–H and O–H groups in total. The Hall–Kier alpha value is -4.06. The van der Waals surface area contributed by atoms with Crippen LogP contribution in [-0.4, -0.2) is 66.9 Å². The molecule has 0 fully saturated rings. The van der Waals surface area contributed by atoms with Gasteiger partial charge in [-0.15, -0.1) is 6.58 Å². The lowest BCUT2D eigenvalue weighted by Gasteiger charge is -2.11. The van der Waals surface area contributed by atoms with E-state index in [0.29, 0.717) is 82.6 Å². The Morgan fingerprint density at radius 2 is 1.36 bits per heavy atom. The van der Waals surface area contributed by atoms with E-state index in [9.17, 15) is 4.79 Å². The minimum Gasteiger partial charge on any atom is -0.378 e. The van der Waals surface area contributed by atoms with Crippen LogP contribution in [-0.2, 0) is 22.6 Å². The fourth-order valence-corrected chi connectivity index (χ4v) is 3.36. The Morgan fingerprint density at radius 1 is 0.821 bits per heavy atom. The molecule has 0 bridgehead atoms. The van der Waals surface area contributed by atoms with E-state index in [1.54, 1.807) is 18.2 Å². The smallest absolute Gasteiger partial charge is 0.251 e. The highest BCUT2D eigenvalue weighted by Gasteiger charge is 2.08. The third-order valence-corrected chi connectivity index (χ3v) is 5.44. The Kier molecular flexibility index (Phi) is 12.6. The summed E-state index contributed by atoms with van der Waals surface area (Å²) in [4.78, 5) is 25.8. The van der Waals surface area contributed by atoms with Crippen LogP contribution in [0.4, 0.5) is 17.8 Å². The number of amides is 1. The van der Waals surface area contributed by atoms with Crippen molar-refractivity contribution in [1.82, 2.24) is 20.3 Å². The van der Waals surface area contributed by atoms with Gasteiger partial charge in [-0.2, -0.15) is 15.0 Å². The summed E-state index contributed by atoms with van der Waals surface area (Å²) in [6, 6.07) is 15.6. The van der Waals surface area contributed by atoms with Crippen molar-refractivity contribution in [3.63, 3.8) is 0 Å². The summed E-state index contributed by atoms with van der Waals surface area (Å²) in [6.45, 7) is 10.2. The molecule has 0 aliphatic rings. The zero-order valence-corrected chi connectivity index (χ0v) is 22.4. The minimum absolute atomic E-state index is 0.155. The number of anilines is 3. The van der Waals surface area contributed by atoms with Gasteiger partial charge in [0.05, 0.1) is 26.4 Å². The molecule has 0 aliphatic carbocycles. The number of aromatic nitrogens is 3. The number of nitrogens with zero attached hydrogens (tertiary/aromatic N) is 3. The maximum atomic E-state index is 12.4. The van der Waals surface area contributed by atoms with Crippen molar-refractivity contribution >= 4 is 23.8 Å². The zero-order valence-electron chi connectivity index (χ0n) is 22.4. The molecule has 1 aromatic heterocycles. The molecule has 0 spiro atoms. The quantitative estimate of drug-likeness (QED) is 0.122. The second kappa shape index (κ2) is 16.7. The topological polar surface area (TPSA) is 148 Å². The zero-order chi connectivity index (χ0) is 27.7. The molecule has 11 heteroatoms. The van der Waals surface area contributed by atoms with Gasteiger partial charge in [0.2, 0.25) is 17.8 Å². The number of hydrogen-bond donors (Lipinski definition) is 5. The van der Waals surface area contributed by atoms with E-state index in [1.807, 2.05) is 12.1 Å². The molecule has 0 saturated heterocycles. The number of benzene rings is 2. The maximum Gasteiger partial charge on any atom is 0.251 e. The molecular weight excluding hydrogens is 496 g/mol. The minimum atomic E-state index is -0.155. The molecule has 0 aliphatic heterocycles. The number of rotatable bonds is 18. The highest BCUT2D eigenvalue weighted by atomic mass is 16.5. The highest BCUT2D eigenvalue weighted by molar-refractivity contribution is 5.94. The van der Waals surface area contributed by atoms with E-state index < -0.39 is 0 Å². The molecule has 0 saturated carbocycles. The number of aryl methyl sites for hydroxylation is 1. The second-order valence-corrected chi connectivity index (χ2v) is 8.63. The van der Waals surface area contributed by atoms with E-state index >= 15 is 0 Å². The average Bonchev–Trinajstić information content (AvgIpc) is 2.96. The number of nitrogens with one attached hydrogen (secondary N) is 4. The number of carbonyl (C=O) groups is 1. The van der Waals surface area contributed by atoms with Gasteiger partial charge in [-0.1, -0.05) is 48.0 Å². The van der Waals surface area contributed by atoms with Gasteiger partial charge in [0.1, 0.15) is 0 Å². The Bertz CT molecular complexity index is 1160. The fourth-order valence-electron chi connectivity index (χ4n) is 3.36. The lowest BCUT2D eigenvalue weighted by atomic mass is 10.1. The van der Waals surface area contributed by atoms with Gasteiger partial charge >= 0.3 is 0 Å². The predicted octanol–water partition coefficient (Wildman–Crippen LogP) is 2.72. The van der Waals surface area contributed by atoms with Crippen LogP contribution in [0.1, 0.15) is 27.0 Å². The van der Waals surface area contributed by atoms with Crippen LogP contribution in [0.15, 0.2) is 61.2 Å². The summed E-state index contributed by atoms with van der Waals surface area (Å²) < 4.78 is 10.7. The van der Waals surface area contributed by atoms with Crippen molar-refractivity contribution in [1.29, 1.82) is 0 Å². The third-order valence-electron chi connectivity index (χ3n) is 5.44. The van der Waals surface area contributed by atoms with Crippen molar-refractivity contribution in [2.45, 2.75) is 20.0 Å². The predicted molar refractivity (Wildman–Crippen MR) is 154 cm³/mol. The normalized spacial score (nSPS) is 10.6. The average molecular weight is 535 g/mol. The van der Waals surface area contributed by atoms with Crippen molar-refractivity contribution in [3.05, 3.63) is 83.4 Å². The molecule has 1 amide bonds. The molecule has 0 atom stereocenters. The van der Waals surface area contributed by atoms with Crippen LogP contribution >= 0.6 is 0 Å². The summed E-state index contributed by atoms with van der Waals surface area (Å²) >= 11 is 0. The van der Waals surface area contributed by atoms with Gasteiger partial charge in [-0.3, -0.25) is 4.79 Å². The van der Waals surface area contributed by atoms with Gasteiger partial charge in [0, 0.05) is 38.3 Å². The molecule has 0 unspecified atom stereocenters. The van der Waals surface area contributed by atoms with E-state index in [-0.39, 0.29) is 5.91 Å². The van der Waals surface area contributed by atoms with Gasteiger partial charge in [0.25, 0.3) is 5.91 Å². The summed E-state index contributed by atoms with van der Waals surface area (Å²) in [6.07, 6.45) is 1.74. The highest BCUT2D eigenvalue weighted by Crippen LogP contribution is 2.13. The number of ether oxygens (including phenoxy) is 2. The Balaban J connectivity index is 1.49. The molecule has 2 aromatic carbocycles. The molecule has 3 rings (SSSR count). The maximum absolute atomic E-state index is 12.4. The molecule has 0 radical (unpaired) electrons. The first kappa shape index (κ1) is 29.5. The van der Waals surface area contributed by atoms with E-state index in [4.69, 9.17) is 15.2 Å². The second-order valence-electron chi connectivity index (χ2n) is 8.63. The van der Waals surface area contributed by atoms with Gasteiger partial charge in [-0.05, 0) is 30.2 Å². The van der Waals surface area contributed by atoms with Crippen LogP contribution in [0.5, 0.6) is 0 Å². The van der Waals surface area contributed by atoms with Gasteiger partial charge in [0.15, 0.2) is 0 Å². The summed E-state index contributed by atoms with van der Waals surface area (Å²) in [5.41, 5.74) is 9.24. The largest absolute Gasteiger partial charge is 0.378 e. The third kappa shape index (κ3) is 11.1. The van der Waals surface area contributed by atoms with Gasteiger partial charge in [-0.25, -0.2) is 0 Å². The van der Waals surface area contributed by atoms with Gasteiger partial charge < -0.3 is 36.5 Å². The van der Waals surface area contributed by atoms with Crippen LogP contribution in [0.3, 0.4) is 0 Å². The van der Waals surface area contributed by atoms with Crippen LogP contribution in [0.2, 0.25) is 0 Å². The number of hydrogen-bond acceptors (Lipinski definition) is 10. The first-order valence-corrected chi connectivity index (χ1v) is 12.9. The molecule has 208 valence electrons. The number of nitrogens with two attached hydrogens (primary N) is 1. The first-order valence-electron chi connectivity index (χ1n) is 12.9. The van der Waals surface area contributed by atoms with E-state index in [0.717, 1.165) is 11.1 Å². The molecule has 3 aromatic rings. The van der Waals surface area contributed by atoms with Crippen molar-refractivity contribution < 1.29 is 14.3 Å². The summed E-state index contributed by atoms with van der Waals surface area (Å²) in [5.74, 6) is 1.17. The SMILES string of the molecule is C=CCNc1nc(NCc2ccc(C)cc2)nc(NCc2ccc(C(=O)NCCOCCOCCN)cc2)n1. The van der Waals surface area contributed by atoms with Crippen molar-refractivity contribution in [2.75, 3.05) is 62.0 Å². The van der Waals surface area contributed by atoms with E-state index in [1.165, 1.54) is 5.56 Å². The lowest BCUT2D eigenvalue weighted by molar-refractivity contribution is 0.0511. The van der Waals surface area contributed by atoms with Crippen LogP contribution < -0.4 is 27.0 Å². The first-order chi connectivity index (χ1) is 19.1. The molecular formula is C28H38N8O3. The van der Waals surface area contributed by atoms with E-state index in [2.05, 4.69) is 74.0 Å². The van der Waals surface area contributed by atoms with Crippen molar-refractivity contribution in [3.8, 4) is 0 Å². The molecule has 39 heavy (non-hydrogen) atoms. The monoisotopic (exact) mass is 534 g/mol. The lowest BCUT2D eigenvalue weighted by Crippen LogP contribution is -2.27. The number of carbonyl (C=O) groups excluding carboxylic acids is 1. The summed E-state index contributed by atoms with van der Waals surface area (Å²) in [7, 11) is 0. The Labute approximate surface area is 229 Å². The Morgan fingerprint density at radius 3 is 1.92 bits per heavy atom. The van der Waals surface area contributed by atoms with Crippen LogP contribution in [0, 0.1) is 6.92 Å². The van der Waals surface area contributed by atoms with Crippen molar-refractivity contribution in [2.24, 2.45) is 5.73 Å². The van der Waals surface area contributed by atoms with Crippen LogP contribution in [0.25, 0.3) is 0 Å².